The van der Waals surface area contributed by atoms with E-state index in [1.54, 1.807) is 24.1 Å². The maximum Gasteiger partial charge on any atom is 0.260 e. The number of carbonyl (C=O) groups excluding carboxylic acids is 1. The molecule has 0 unspecified atom stereocenters. The number of ether oxygens (including phenoxy) is 2. The average molecular weight is 285 g/mol. The Labute approximate surface area is 124 Å². The second-order valence-electron chi connectivity index (χ2n) is 4.58. The Kier molecular flexibility index (Phi) is 5.21. The molecule has 4 nitrogen and oxygen atoms in total. The van der Waals surface area contributed by atoms with E-state index in [1.807, 2.05) is 49.4 Å². The number of para-hydroxylation sites is 1. The predicted octanol–water partition coefficient (Wildman–Crippen LogP) is 3.34. The largest absolute Gasteiger partial charge is 0.484 e. The van der Waals surface area contributed by atoms with E-state index in [0.29, 0.717) is 12.3 Å². The van der Waals surface area contributed by atoms with E-state index in [-0.39, 0.29) is 12.5 Å². The summed E-state index contributed by atoms with van der Waals surface area (Å²) in [7, 11) is 1.75. The molecule has 0 saturated carbocycles. The lowest BCUT2D eigenvalue weighted by molar-refractivity contribution is -0.131. The third kappa shape index (κ3) is 4.53. The molecule has 0 aliphatic carbocycles. The number of hydrogen-bond acceptors (Lipinski definition) is 3. The van der Waals surface area contributed by atoms with E-state index in [0.717, 1.165) is 11.5 Å². The fourth-order valence-electron chi connectivity index (χ4n) is 1.66. The molecule has 0 bridgehead atoms. The number of rotatable bonds is 6. The zero-order valence-corrected chi connectivity index (χ0v) is 12.3. The van der Waals surface area contributed by atoms with Crippen molar-refractivity contribution in [2.45, 2.75) is 6.92 Å². The highest BCUT2D eigenvalue weighted by atomic mass is 16.5. The third-order valence-electron chi connectivity index (χ3n) is 3.07. The highest BCUT2D eigenvalue weighted by Gasteiger charge is 2.07. The lowest BCUT2D eigenvalue weighted by Crippen LogP contribution is -2.31. The normalized spacial score (nSPS) is 10.0. The number of benzene rings is 2. The Hall–Kier alpha value is -2.49. The van der Waals surface area contributed by atoms with Gasteiger partial charge in [0.1, 0.15) is 17.2 Å². The Bertz CT molecular complexity index is 566. The summed E-state index contributed by atoms with van der Waals surface area (Å²) < 4.78 is 11.1. The van der Waals surface area contributed by atoms with Crippen LogP contribution in [0, 0.1) is 0 Å². The van der Waals surface area contributed by atoms with Crippen molar-refractivity contribution < 1.29 is 14.3 Å². The molecule has 0 aliphatic heterocycles. The summed E-state index contributed by atoms with van der Waals surface area (Å²) in [5, 5.41) is 0. The molecule has 21 heavy (non-hydrogen) atoms. The van der Waals surface area contributed by atoms with Crippen LogP contribution in [0.1, 0.15) is 6.92 Å². The predicted molar refractivity (Wildman–Crippen MR) is 81.8 cm³/mol. The van der Waals surface area contributed by atoms with Gasteiger partial charge in [0.05, 0.1) is 0 Å². The molecule has 0 aliphatic rings. The summed E-state index contributed by atoms with van der Waals surface area (Å²) >= 11 is 0. The molecule has 2 aromatic rings. The Morgan fingerprint density at radius 1 is 0.952 bits per heavy atom. The monoisotopic (exact) mass is 285 g/mol. The molecule has 110 valence electrons. The van der Waals surface area contributed by atoms with Gasteiger partial charge in [0, 0.05) is 13.6 Å². The van der Waals surface area contributed by atoms with Crippen molar-refractivity contribution in [2.24, 2.45) is 0 Å². The van der Waals surface area contributed by atoms with Crippen LogP contribution in [0.2, 0.25) is 0 Å². The summed E-state index contributed by atoms with van der Waals surface area (Å²) in [6.45, 7) is 2.64. The van der Waals surface area contributed by atoms with Gasteiger partial charge in [-0.25, -0.2) is 0 Å². The minimum Gasteiger partial charge on any atom is -0.484 e. The summed E-state index contributed by atoms with van der Waals surface area (Å²) in [5.41, 5.74) is 0. The number of carbonyl (C=O) groups is 1. The molecule has 0 N–H and O–H groups in total. The lowest BCUT2D eigenvalue weighted by Gasteiger charge is -2.14. The molecule has 0 atom stereocenters. The molecule has 0 spiro atoms. The van der Waals surface area contributed by atoms with E-state index in [4.69, 9.17) is 9.47 Å². The topological polar surface area (TPSA) is 38.8 Å². The van der Waals surface area contributed by atoms with Crippen LogP contribution in [-0.4, -0.2) is 31.0 Å². The van der Waals surface area contributed by atoms with E-state index in [9.17, 15) is 4.79 Å². The summed E-state index contributed by atoms with van der Waals surface area (Å²) in [6, 6.07) is 16.8. The van der Waals surface area contributed by atoms with Crippen molar-refractivity contribution in [2.75, 3.05) is 20.2 Å². The van der Waals surface area contributed by atoms with Crippen molar-refractivity contribution in [1.29, 1.82) is 0 Å². The SMILES string of the molecule is CCN(C)C(=O)COc1ccc(Oc2ccccc2)cc1. The summed E-state index contributed by atoms with van der Waals surface area (Å²) in [4.78, 5) is 13.2. The van der Waals surface area contributed by atoms with Crippen LogP contribution in [0.25, 0.3) is 0 Å². The van der Waals surface area contributed by atoms with E-state index >= 15 is 0 Å². The molecule has 0 heterocycles. The molecule has 0 fully saturated rings. The van der Waals surface area contributed by atoms with Gasteiger partial charge in [-0.15, -0.1) is 0 Å². The van der Waals surface area contributed by atoms with Crippen molar-refractivity contribution in [3.8, 4) is 17.2 Å². The maximum absolute atomic E-state index is 11.6. The number of hydrogen-bond donors (Lipinski definition) is 0. The van der Waals surface area contributed by atoms with Gasteiger partial charge in [0.2, 0.25) is 0 Å². The van der Waals surface area contributed by atoms with Gasteiger partial charge in [0.15, 0.2) is 6.61 Å². The second-order valence-corrected chi connectivity index (χ2v) is 4.58. The van der Waals surface area contributed by atoms with Crippen LogP contribution in [0.3, 0.4) is 0 Å². The first kappa shape index (κ1) is 14.9. The maximum atomic E-state index is 11.6. The molecule has 0 aromatic heterocycles. The van der Waals surface area contributed by atoms with Crippen molar-refractivity contribution >= 4 is 5.91 Å². The fourth-order valence-corrected chi connectivity index (χ4v) is 1.66. The minimum absolute atomic E-state index is 0.0397. The smallest absolute Gasteiger partial charge is 0.260 e. The van der Waals surface area contributed by atoms with Crippen LogP contribution in [0.15, 0.2) is 54.6 Å². The van der Waals surface area contributed by atoms with Crippen molar-refractivity contribution in [1.82, 2.24) is 4.90 Å². The van der Waals surface area contributed by atoms with Gasteiger partial charge in [-0.3, -0.25) is 4.79 Å². The summed E-state index contributed by atoms with van der Waals surface area (Å²) in [6.07, 6.45) is 0. The van der Waals surface area contributed by atoms with Gasteiger partial charge < -0.3 is 14.4 Å². The molecular formula is C17H19NO3. The first-order valence-corrected chi connectivity index (χ1v) is 6.88. The minimum atomic E-state index is -0.0397. The Morgan fingerprint density at radius 3 is 2.14 bits per heavy atom. The molecular weight excluding hydrogens is 266 g/mol. The quantitative estimate of drug-likeness (QED) is 0.817. The summed E-state index contributed by atoms with van der Waals surface area (Å²) in [5.74, 6) is 2.12. The van der Waals surface area contributed by atoms with Gasteiger partial charge >= 0.3 is 0 Å². The lowest BCUT2D eigenvalue weighted by atomic mass is 10.3. The second kappa shape index (κ2) is 7.33. The Morgan fingerprint density at radius 2 is 1.52 bits per heavy atom. The van der Waals surface area contributed by atoms with E-state index in [1.165, 1.54) is 0 Å². The van der Waals surface area contributed by atoms with Crippen LogP contribution in [0.5, 0.6) is 17.2 Å². The van der Waals surface area contributed by atoms with Gasteiger partial charge in [-0.2, -0.15) is 0 Å². The molecule has 2 aromatic carbocycles. The molecule has 1 amide bonds. The zero-order chi connectivity index (χ0) is 15.1. The number of likely N-dealkylation sites (N-methyl/N-ethyl adjacent to an activating group) is 1. The van der Waals surface area contributed by atoms with Crippen LogP contribution < -0.4 is 9.47 Å². The average Bonchev–Trinajstić information content (AvgIpc) is 2.54. The molecule has 0 saturated heterocycles. The fraction of sp³-hybridized carbons (Fsp3) is 0.235. The number of nitrogens with zero attached hydrogens (tertiary/aromatic N) is 1. The van der Waals surface area contributed by atoms with Crippen LogP contribution >= 0.6 is 0 Å². The first-order valence-electron chi connectivity index (χ1n) is 6.88. The van der Waals surface area contributed by atoms with Crippen LogP contribution in [-0.2, 0) is 4.79 Å². The molecule has 2 rings (SSSR count). The van der Waals surface area contributed by atoms with E-state index in [2.05, 4.69) is 0 Å². The van der Waals surface area contributed by atoms with Crippen LogP contribution in [0.4, 0.5) is 0 Å². The zero-order valence-electron chi connectivity index (χ0n) is 12.3. The van der Waals surface area contributed by atoms with Gasteiger partial charge in [-0.1, -0.05) is 18.2 Å². The third-order valence-corrected chi connectivity index (χ3v) is 3.07. The molecule has 0 radical (unpaired) electrons. The highest BCUT2D eigenvalue weighted by molar-refractivity contribution is 5.77. The number of amides is 1. The standard InChI is InChI=1S/C17H19NO3/c1-3-18(2)17(19)13-20-14-9-11-16(12-10-14)21-15-7-5-4-6-8-15/h4-12H,3,13H2,1-2H3. The first-order chi connectivity index (χ1) is 10.2. The van der Waals surface area contributed by atoms with E-state index < -0.39 is 0 Å². The van der Waals surface area contributed by atoms with Crippen molar-refractivity contribution in [3.05, 3.63) is 54.6 Å². The van der Waals surface area contributed by atoms with Gasteiger partial charge in [0.25, 0.3) is 5.91 Å². The Balaban J connectivity index is 1.89. The molecule has 4 heteroatoms. The van der Waals surface area contributed by atoms with Gasteiger partial charge in [-0.05, 0) is 43.3 Å². The highest BCUT2D eigenvalue weighted by Crippen LogP contribution is 2.23. The van der Waals surface area contributed by atoms with Crippen molar-refractivity contribution in [3.63, 3.8) is 0 Å².